The van der Waals surface area contributed by atoms with Crippen molar-refractivity contribution in [2.24, 2.45) is 0 Å². The largest absolute Gasteiger partial charge is 0.480 e. The molecule has 0 heterocycles. The van der Waals surface area contributed by atoms with Crippen LogP contribution in [-0.2, 0) is 4.79 Å². The van der Waals surface area contributed by atoms with E-state index in [2.05, 4.69) is 10.6 Å². The summed E-state index contributed by atoms with van der Waals surface area (Å²) in [6, 6.07) is -1.24. The maximum absolute atomic E-state index is 11.4. The Kier molecular flexibility index (Phi) is 7.84. The molecule has 0 aliphatic carbocycles. The third kappa shape index (κ3) is 8.30. The molecule has 17 heavy (non-hydrogen) atoms. The number of rotatable bonds is 7. The normalized spacial score (nSPS) is 11.5. The summed E-state index contributed by atoms with van der Waals surface area (Å²) in [7, 11) is 0. The van der Waals surface area contributed by atoms with Crippen molar-refractivity contribution in [1.29, 1.82) is 0 Å². The van der Waals surface area contributed by atoms with Crippen molar-refractivity contribution in [3.63, 3.8) is 0 Å². The van der Waals surface area contributed by atoms with Crippen molar-refractivity contribution >= 4 is 12.0 Å². The van der Waals surface area contributed by atoms with Crippen molar-refractivity contribution < 1.29 is 14.7 Å². The quantitative estimate of drug-likeness (QED) is 0.596. The van der Waals surface area contributed by atoms with Gasteiger partial charge in [0.05, 0.1) is 0 Å². The molecule has 0 saturated carbocycles. The molecule has 98 valence electrons. The number of hydrogen-bond acceptors (Lipinski definition) is 2. The highest BCUT2D eigenvalue weighted by Crippen LogP contribution is 2.00. The Labute approximate surface area is 102 Å². The minimum Gasteiger partial charge on any atom is -0.480 e. The number of carbonyl (C=O) groups excluding carboxylic acids is 1. The van der Waals surface area contributed by atoms with E-state index >= 15 is 0 Å². The molecule has 1 unspecified atom stereocenters. The monoisotopic (exact) mass is 242 g/mol. The predicted octanol–water partition coefficient (Wildman–Crippen LogP) is 1.90. The number of hydrogen-bond donors (Lipinski definition) is 3. The Bertz CT molecular complexity index is 283. The first-order valence-corrected chi connectivity index (χ1v) is 5.88. The molecule has 0 aromatic carbocycles. The first kappa shape index (κ1) is 15.5. The molecule has 3 N–H and O–H groups in total. The smallest absolute Gasteiger partial charge is 0.326 e. The Balaban J connectivity index is 4.03. The van der Waals surface area contributed by atoms with E-state index in [0.29, 0.717) is 13.0 Å². The van der Waals surface area contributed by atoms with Crippen molar-refractivity contribution in [3.05, 3.63) is 11.6 Å². The Hall–Kier alpha value is -1.52. The van der Waals surface area contributed by atoms with E-state index in [0.717, 1.165) is 18.4 Å². The van der Waals surface area contributed by atoms with Crippen LogP contribution in [0.4, 0.5) is 4.79 Å². The lowest BCUT2D eigenvalue weighted by molar-refractivity contribution is -0.139. The molecule has 2 amide bonds. The zero-order valence-electron chi connectivity index (χ0n) is 10.7. The molecule has 0 aliphatic rings. The van der Waals surface area contributed by atoms with E-state index in [1.807, 2.05) is 26.8 Å². The lowest BCUT2D eigenvalue weighted by Gasteiger charge is -2.14. The zero-order valence-corrected chi connectivity index (χ0v) is 10.7. The number of aliphatic carboxylic acids is 1. The second kappa shape index (κ2) is 8.61. The molecule has 0 aromatic rings. The average molecular weight is 242 g/mol. The minimum absolute atomic E-state index is 0.411. The average Bonchev–Trinajstić information content (AvgIpc) is 2.23. The summed E-state index contributed by atoms with van der Waals surface area (Å²) in [6.07, 6.45) is 4.01. The van der Waals surface area contributed by atoms with Gasteiger partial charge in [-0.15, -0.1) is 0 Å². The van der Waals surface area contributed by atoms with Gasteiger partial charge in [0.25, 0.3) is 0 Å². The van der Waals surface area contributed by atoms with Gasteiger partial charge in [-0.3, -0.25) is 0 Å². The van der Waals surface area contributed by atoms with Crippen molar-refractivity contribution in [1.82, 2.24) is 10.6 Å². The molecule has 5 heteroatoms. The molecular weight excluding hydrogens is 220 g/mol. The Morgan fingerprint density at radius 1 is 1.35 bits per heavy atom. The van der Waals surface area contributed by atoms with Crippen LogP contribution >= 0.6 is 0 Å². The number of unbranched alkanes of at least 4 members (excludes halogenated alkanes) is 1. The predicted molar refractivity (Wildman–Crippen MR) is 66.9 cm³/mol. The summed E-state index contributed by atoms with van der Waals surface area (Å²) in [6.45, 7) is 6.25. The van der Waals surface area contributed by atoms with Crippen LogP contribution in [0.5, 0.6) is 0 Å². The molecule has 0 saturated heterocycles. The highest BCUT2D eigenvalue weighted by molar-refractivity contribution is 5.82. The van der Waals surface area contributed by atoms with Crippen LogP contribution in [0.15, 0.2) is 11.6 Å². The van der Waals surface area contributed by atoms with Crippen molar-refractivity contribution in [2.75, 3.05) is 6.54 Å². The number of carboxylic acid groups (broad SMARTS) is 1. The molecular formula is C12H22N2O3. The SMILES string of the molecule is CCCCC(NC(=O)NCC=C(C)C)C(=O)O. The maximum atomic E-state index is 11.4. The van der Waals surface area contributed by atoms with Gasteiger partial charge in [-0.2, -0.15) is 0 Å². The van der Waals surface area contributed by atoms with Gasteiger partial charge in [-0.05, 0) is 20.3 Å². The Morgan fingerprint density at radius 3 is 2.47 bits per heavy atom. The van der Waals surface area contributed by atoms with Gasteiger partial charge in [-0.1, -0.05) is 31.4 Å². The van der Waals surface area contributed by atoms with E-state index in [1.165, 1.54) is 0 Å². The van der Waals surface area contributed by atoms with E-state index in [9.17, 15) is 9.59 Å². The number of allylic oxidation sites excluding steroid dienone is 1. The first-order valence-electron chi connectivity index (χ1n) is 5.88. The minimum atomic E-state index is -0.990. The van der Waals surface area contributed by atoms with Gasteiger partial charge in [0.2, 0.25) is 0 Å². The summed E-state index contributed by atoms with van der Waals surface area (Å²) in [5.74, 6) is -0.990. The van der Waals surface area contributed by atoms with Crippen molar-refractivity contribution in [3.8, 4) is 0 Å². The molecule has 0 rings (SSSR count). The van der Waals surface area contributed by atoms with E-state index in [1.54, 1.807) is 0 Å². The van der Waals surface area contributed by atoms with Gasteiger partial charge < -0.3 is 15.7 Å². The van der Waals surface area contributed by atoms with Gasteiger partial charge in [0.1, 0.15) is 6.04 Å². The highest BCUT2D eigenvalue weighted by Gasteiger charge is 2.18. The van der Waals surface area contributed by atoms with Crippen molar-refractivity contribution in [2.45, 2.75) is 46.1 Å². The third-order valence-corrected chi connectivity index (χ3v) is 2.22. The molecule has 0 fully saturated rings. The molecule has 0 radical (unpaired) electrons. The first-order chi connectivity index (χ1) is 7.97. The van der Waals surface area contributed by atoms with Gasteiger partial charge >= 0.3 is 12.0 Å². The number of carboxylic acids is 1. The summed E-state index contributed by atoms with van der Waals surface area (Å²) in [5, 5.41) is 13.9. The van der Waals surface area contributed by atoms with Crippen LogP contribution in [0.2, 0.25) is 0 Å². The van der Waals surface area contributed by atoms with Crippen LogP contribution in [0.3, 0.4) is 0 Å². The summed E-state index contributed by atoms with van der Waals surface area (Å²) >= 11 is 0. The Morgan fingerprint density at radius 2 is 2.00 bits per heavy atom. The maximum Gasteiger partial charge on any atom is 0.326 e. The van der Waals surface area contributed by atoms with Gasteiger partial charge in [-0.25, -0.2) is 9.59 Å². The van der Waals surface area contributed by atoms with E-state index in [-0.39, 0.29) is 0 Å². The van der Waals surface area contributed by atoms with Crippen LogP contribution in [0, 0.1) is 0 Å². The van der Waals surface area contributed by atoms with Crippen LogP contribution in [0.1, 0.15) is 40.0 Å². The fourth-order valence-electron chi connectivity index (χ4n) is 1.22. The third-order valence-electron chi connectivity index (χ3n) is 2.22. The van der Waals surface area contributed by atoms with E-state index in [4.69, 9.17) is 5.11 Å². The van der Waals surface area contributed by atoms with Gasteiger partial charge in [0.15, 0.2) is 0 Å². The number of carbonyl (C=O) groups is 2. The van der Waals surface area contributed by atoms with Gasteiger partial charge in [0, 0.05) is 6.54 Å². The lowest BCUT2D eigenvalue weighted by Crippen LogP contribution is -2.46. The zero-order chi connectivity index (χ0) is 13.3. The molecule has 0 bridgehead atoms. The number of nitrogens with one attached hydrogen (secondary N) is 2. The number of urea groups is 1. The standard InChI is InChI=1S/C12H22N2O3/c1-4-5-6-10(11(15)16)14-12(17)13-8-7-9(2)3/h7,10H,4-6,8H2,1-3H3,(H,15,16)(H2,13,14,17). The summed E-state index contributed by atoms with van der Waals surface area (Å²) in [4.78, 5) is 22.3. The topological polar surface area (TPSA) is 78.4 Å². The van der Waals surface area contributed by atoms with Crippen LogP contribution in [0.25, 0.3) is 0 Å². The molecule has 5 nitrogen and oxygen atoms in total. The fourth-order valence-corrected chi connectivity index (χ4v) is 1.22. The molecule has 0 aliphatic heterocycles. The molecule has 0 spiro atoms. The number of amides is 2. The summed E-state index contributed by atoms with van der Waals surface area (Å²) < 4.78 is 0. The van der Waals surface area contributed by atoms with Crippen LogP contribution in [-0.4, -0.2) is 29.7 Å². The second-order valence-corrected chi connectivity index (χ2v) is 4.17. The highest BCUT2D eigenvalue weighted by atomic mass is 16.4. The molecule has 0 aromatic heterocycles. The molecule has 1 atom stereocenters. The second-order valence-electron chi connectivity index (χ2n) is 4.17. The van der Waals surface area contributed by atoms with E-state index < -0.39 is 18.0 Å². The fraction of sp³-hybridized carbons (Fsp3) is 0.667. The van der Waals surface area contributed by atoms with Crippen LogP contribution < -0.4 is 10.6 Å². The summed E-state index contributed by atoms with van der Waals surface area (Å²) in [5.41, 5.74) is 1.10. The lowest BCUT2D eigenvalue weighted by atomic mass is 10.1.